The van der Waals surface area contributed by atoms with Crippen LogP contribution in [0.5, 0.6) is 23.0 Å². The topological polar surface area (TPSA) is 146 Å². The van der Waals surface area contributed by atoms with Crippen LogP contribution < -0.4 is 18.9 Å². The molecule has 394 valence electrons. The average molecular weight is 1020 g/mol. The zero-order chi connectivity index (χ0) is 50.6. The predicted molar refractivity (Wildman–Crippen MR) is 303 cm³/mol. The summed E-state index contributed by atoms with van der Waals surface area (Å²) in [6, 6.07) is 25.3. The second kappa shape index (κ2) is 22.6. The molecule has 2 N–H and O–H groups in total. The molecule has 4 aromatic carbocycles. The van der Waals surface area contributed by atoms with Crippen molar-refractivity contribution in [3.05, 3.63) is 72.8 Å². The molecular weight excluding hydrogens is 945 g/mol. The number of aromatic nitrogens is 8. The van der Waals surface area contributed by atoms with Gasteiger partial charge >= 0.3 is 0 Å². The molecule has 7 aromatic rings. The van der Waals surface area contributed by atoms with Crippen molar-refractivity contribution in [1.29, 1.82) is 0 Å². The van der Waals surface area contributed by atoms with Crippen molar-refractivity contribution in [1.82, 2.24) is 39.9 Å². The fourth-order valence-corrected chi connectivity index (χ4v) is 12.9. The Morgan fingerprint density at radius 1 is 0.263 bits per heavy atom. The molecule has 6 aliphatic rings. The van der Waals surface area contributed by atoms with Gasteiger partial charge in [-0.15, -0.1) is 0 Å². The van der Waals surface area contributed by atoms with Gasteiger partial charge in [-0.2, -0.15) is 0 Å². The van der Waals surface area contributed by atoms with Crippen LogP contribution in [0.1, 0.15) is 180 Å². The Bertz CT molecular complexity index is 3350. The van der Waals surface area contributed by atoms with E-state index in [9.17, 15) is 0 Å². The Hall–Kier alpha value is -6.56. The van der Waals surface area contributed by atoms with E-state index in [1.54, 1.807) is 0 Å². The van der Waals surface area contributed by atoms with Crippen LogP contribution in [0.25, 0.3) is 89.7 Å². The first-order valence-corrected chi connectivity index (χ1v) is 29.7. The maximum Gasteiger partial charge on any atom is 0.164 e. The van der Waals surface area contributed by atoms with E-state index in [0.717, 1.165) is 118 Å². The molecule has 12 nitrogen and oxygen atoms in total. The maximum atomic E-state index is 6.84. The van der Waals surface area contributed by atoms with Crippen molar-refractivity contribution < 1.29 is 18.9 Å². The van der Waals surface area contributed by atoms with Gasteiger partial charge in [-0.05, 0) is 176 Å². The molecule has 0 amide bonds. The van der Waals surface area contributed by atoms with E-state index >= 15 is 0 Å². The van der Waals surface area contributed by atoms with Crippen LogP contribution in [-0.2, 0) is 0 Å². The number of nitrogens with one attached hydrogen (secondary N) is 2. The molecule has 4 fully saturated rings. The van der Waals surface area contributed by atoms with E-state index in [0.29, 0.717) is 45.9 Å². The number of H-pyrrole nitrogens is 2. The molecule has 3 aromatic heterocycles. The molecule has 0 radical (unpaired) electrons. The molecule has 0 spiro atoms. The summed E-state index contributed by atoms with van der Waals surface area (Å²) in [5, 5.41) is 3.63. The first kappa shape index (κ1) is 49.0. The van der Waals surface area contributed by atoms with Gasteiger partial charge in [0.05, 0.1) is 24.4 Å². The maximum absolute atomic E-state index is 6.84. The first-order valence-electron chi connectivity index (χ1n) is 29.7. The van der Waals surface area contributed by atoms with Crippen LogP contribution in [0.2, 0.25) is 0 Å². The summed E-state index contributed by atoms with van der Waals surface area (Å²) >= 11 is 0. The second-order valence-electron chi connectivity index (χ2n) is 22.8. The van der Waals surface area contributed by atoms with Crippen LogP contribution in [-0.4, -0.2) is 64.3 Å². The van der Waals surface area contributed by atoms with Crippen LogP contribution in [0.3, 0.4) is 0 Å². The lowest BCUT2D eigenvalue weighted by Crippen LogP contribution is -2.17. The number of rotatable bonds is 8. The number of ether oxygens (including phenoxy) is 4. The summed E-state index contributed by atoms with van der Waals surface area (Å²) in [7, 11) is 0. The Labute approximate surface area is 446 Å². The van der Waals surface area contributed by atoms with E-state index in [2.05, 4.69) is 82.8 Å². The Balaban J connectivity index is 1.01. The Morgan fingerprint density at radius 3 is 0.855 bits per heavy atom. The highest BCUT2D eigenvalue weighted by Gasteiger charge is 2.26. The molecule has 0 saturated heterocycles. The van der Waals surface area contributed by atoms with Gasteiger partial charge in [0.15, 0.2) is 23.3 Å². The van der Waals surface area contributed by atoms with Crippen molar-refractivity contribution in [3.63, 3.8) is 0 Å². The minimum atomic E-state index is 0.172. The van der Waals surface area contributed by atoms with Crippen molar-refractivity contribution >= 4 is 44.1 Å². The predicted octanol–water partition coefficient (Wildman–Crippen LogP) is 16.8. The Morgan fingerprint density at radius 2 is 0.526 bits per heavy atom. The highest BCUT2D eigenvalue weighted by molar-refractivity contribution is 6.07. The molecule has 0 atom stereocenters. The third-order valence-corrected chi connectivity index (χ3v) is 17.1. The SMILES string of the molecule is c1cc2c(cc1OC1CCCCCCC1)-c1nc-2nc2[nH]c(nc3nc(nc4[nH]c(n1)c1ccc(OC5CCCCCCC5)cc41)-c1cc(OC4CCCCCCC4)ccc1-3)c1ccc(OC3CCCCCCC3)cc21. The zero-order valence-corrected chi connectivity index (χ0v) is 44.4. The van der Waals surface area contributed by atoms with E-state index < -0.39 is 0 Å². The van der Waals surface area contributed by atoms with Gasteiger partial charge in [-0.1, -0.05) is 77.0 Å². The molecule has 4 aliphatic carbocycles. The van der Waals surface area contributed by atoms with E-state index in [-0.39, 0.29) is 24.4 Å². The lowest BCUT2D eigenvalue weighted by Gasteiger charge is -2.21. The van der Waals surface area contributed by atoms with Gasteiger partial charge in [0.1, 0.15) is 45.6 Å². The van der Waals surface area contributed by atoms with E-state index in [4.69, 9.17) is 48.9 Å². The molecule has 13 rings (SSSR count). The number of nitrogens with zero attached hydrogens (tertiary/aromatic N) is 6. The Kier molecular flexibility index (Phi) is 14.6. The molecule has 8 bridgehead atoms. The molecule has 0 unspecified atom stereocenters. The highest BCUT2D eigenvalue weighted by Crippen LogP contribution is 2.41. The molecule has 76 heavy (non-hydrogen) atoms. The van der Waals surface area contributed by atoms with Gasteiger partial charge in [0.2, 0.25) is 0 Å². The molecule has 2 aliphatic heterocycles. The summed E-state index contributed by atoms with van der Waals surface area (Å²) in [5.41, 5.74) is 6.09. The van der Waals surface area contributed by atoms with Crippen molar-refractivity contribution in [2.75, 3.05) is 0 Å². The van der Waals surface area contributed by atoms with Gasteiger partial charge < -0.3 is 28.9 Å². The summed E-state index contributed by atoms with van der Waals surface area (Å²) in [6.45, 7) is 0. The normalized spacial score (nSPS) is 18.9. The standard InChI is InChI=1S/C64H74N8O4/c1-5-13-21-41(22-14-6-1)73-45-29-33-49-53(37-45)61-66-57(49)65-58-50-34-30-47(75-43-25-17-9-3-10-18-26-43)39-55(50)63(67-58)72-64-56-40-48(76-44-27-19-11-4-12-20-28-44)32-36-52(56)60(71-64)70-62-54-38-46(31-35-51(54)59(68-61)69-62)74-42-23-15-7-2-8-16-24-42/h29-44H,1-28H2,(H2,65,66,67,68,69,70,71,72). The van der Waals surface area contributed by atoms with Gasteiger partial charge in [0, 0.05) is 43.8 Å². The quantitative estimate of drug-likeness (QED) is 0.151. The number of benzene rings is 4. The molecule has 12 heteroatoms. The van der Waals surface area contributed by atoms with Gasteiger partial charge in [0.25, 0.3) is 0 Å². The van der Waals surface area contributed by atoms with Crippen molar-refractivity contribution in [3.8, 4) is 68.5 Å². The third-order valence-electron chi connectivity index (χ3n) is 17.1. The summed E-state index contributed by atoms with van der Waals surface area (Å²) in [5.74, 6) is 5.55. The average Bonchev–Trinajstić information content (AvgIpc) is 4.14. The fourth-order valence-electron chi connectivity index (χ4n) is 12.9. The molecular formula is C64H74N8O4. The highest BCUT2D eigenvalue weighted by atomic mass is 16.5. The minimum absolute atomic E-state index is 0.172. The number of hydrogen-bond acceptors (Lipinski definition) is 10. The summed E-state index contributed by atoms with van der Waals surface area (Å²) in [6.07, 6.45) is 34.0. The number of fused-ring (bicyclic) bond motifs is 20. The van der Waals surface area contributed by atoms with Gasteiger partial charge in [-0.3, -0.25) is 0 Å². The largest absolute Gasteiger partial charge is 0.490 e. The summed E-state index contributed by atoms with van der Waals surface area (Å²) in [4.78, 5) is 39.8. The fraction of sp³-hybridized carbons (Fsp3) is 0.500. The van der Waals surface area contributed by atoms with Crippen molar-refractivity contribution in [2.45, 2.75) is 204 Å². The smallest absolute Gasteiger partial charge is 0.164 e. The third kappa shape index (κ3) is 10.9. The van der Waals surface area contributed by atoms with Crippen LogP contribution >= 0.6 is 0 Å². The van der Waals surface area contributed by atoms with Crippen LogP contribution in [0.15, 0.2) is 72.8 Å². The van der Waals surface area contributed by atoms with E-state index in [1.807, 2.05) is 0 Å². The van der Waals surface area contributed by atoms with Crippen molar-refractivity contribution in [2.24, 2.45) is 0 Å². The second-order valence-corrected chi connectivity index (χ2v) is 22.8. The lowest BCUT2D eigenvalue weighted by molar-refractivity contribution is 0.166. The van der Waals surface area contributed by atoms with Gasteiger partial charge in [-0.25, -0.2) is 29.9 Å². The number of hydrogen-bond donors (Lipinski definition) is 2. The monoisotopic (exact) mass is 1020 g/mol. The van der Waals surface area contributed by atoms with Crippen LogP contribution in [0, 0.1) is 0 Å². The lowest BCUT2D eigenvalue weighted by atomic mass is 9.98. The number of aromatic amines is 2. The molecule has 4 saturated carbocycles. The first-order chi connectivity index (χ1) is 37.6. The zero-order valence-electron chi connectivity index (χ0n) is 44.4. The molecule has 5 heterocycles. The van der Waals surface area contributed by atoms with Crippen LogP contribution in [0.4, 0.5) is 0 Å². The minimum Gasteiger partial charge on any atom is -0.490 e. The van der Waals surface area contributed by atoms with E-state index in [1.165, 1.54) is 128 Å². The summed E-state index contributed by atoms with van der Waals surface area (Å²) < 4.78 is 27.3.